The van der Waals surface area contributed by atoms with Crippen molar-refractivity contribution in [2.24, 2.45) is 0 Å². The number of aromatic nitrogens is 1. The Morgan fingerprint density at radius 2 is 1.90 bits per heavy atom. The second-order valence-corrected chi connectivity index (χ2v) is 6.52. The number of nitrogens with one attached hydrogen (secondary N) is 1. The minimum atomic E-state index is -0.481. The molecule has 0 aliphatic carbocycles. The molecule has 6 heteroatoms. The van der Waals surface area contributed by atoms with Crippen LogP contribution in [0.2, 0.25) is 0 Å². The van der Waals surface area contributed by atoms with Crippen LogP contribution in [0.25, 0.3) is 10.8 Å². The third-order valence-electron chi connectivity index (χ3n) is 4.67. The van der Waals surface area contributed by atoms with Gasteiger partial charge in [-0.3, -0.25) is 9.78 Å². The number of nitrogens with zero attached hydrogens (tertiary/aromatic N) is 3. The van der Waals surface area contributed by atoms with Gasteiger partial charge in [-0.2, -0.15) is 5.26 Å². The third kappa shape index (κ3) is 4.90. The maximum absolute atomic E-state index is 12.7. The lowest BCUT2D eigenvalue weighted by Gasteiger charge is -2.19. The molecule has 0 saturated carbocycles. The highest BCUT2D eigenvalue weighted by atomic mass is 16.3. The SMILES string of the molecule is CCN(/C=C(/C#N)C(=O)Nc1cccc2c(O)cccc12)CCc1ccncc1. The summed E-state index contributed by atoms with van der Waals surface area (Å²) in [5.41, 5.74) is 1.72. The molecule has 0 fully saturated rings. The van der Waals surface area contributed by atoms with Crippen LogP contribution in [-0.4, -0.2) is 34.0 Å². The average Bonchev–Trinajstić information content (AvgIpc) is 2.75. The van der Waals surface area contributed by atoms with Gasteiger partial charge in [-0.15, -0.1) is 0 Å². The van der Waals surface area contributed by atoms with Gasteiger partial charge in [0.2, 0.25) is 0 Å². The van der Waals surface area contributed by atoms with Gasteiger partial charge in [0, 0.05) is 48.1 Å². The maximum Gasteiger partial charge on any atom is 0.267 e. The smallest absolute Gasteiger partial charge is 0.267 e. The van der Waals surface area contributed by atoms with Gasteiger partial charge in [0.25, 0.3) is 5.91 Å². The predicted molar refractivity (Wildman–Crippen MR) is 113 cm³/mol. The summed E-state index contributed by atoms with van der Waals surface area (Å²) in [6.45, 7) is 3.33. The summed E-state index contributed by atoms with van der Waals surface area (Å²) >= 11 is 0. The first-order valence-corrected chi connectivity index (χ1v) is 9.39. The molecule has 0 saturated heterocycles. The lowest BCUT2D eigenvalue weighted by atomic mass is 10.1. The van der Waals surface area contributed by atoms with E-state index in [-0.39, 0.29) is 11.3 Å². The van der Waals surface area contributed by atoms with Crippen LogP contribution in [0.3, 0.4) is 0 Å². The van der Waals surface area contributed by atoms with Crippen LogP contribution in [0, 0.1) is 11.3 Å². The van der Waals surface area contributed by atoms with E-state index in [0.29, 0.717) is 29.5 Å². The Bertz CT molecular complexity index is 1070. The van der Waals surface area contributed by atoms with Crippen molar-refractivity contribution in [2.45, 2.75) is 13.3 Å². The van der Waals surface area contributed by atoms with Crippen molar-refractivity contribution in [3.63, 3.8) is 0 Å². The molecule has 2 N–H and O–H groups in total. The first-order valence-electron chi connectivity index (χ1n) is 9.39. The van der Waals surface area contributed by atoms with E-state index < -0.39 is 5.91 Å². The summed E-state index contributed by atoms with van der Waals surface area (Å²) < 4.78 is 0. The fourth-order valence-corrected chi connectivity index (χ4v) is 3.05. The van der Waals surface area contributed by atoms with Gasteiger partial charge in [0.15, 0.2) is 0 Å². The number of nitriles is 1. The quantitative estimate of drug-likeness (QED) is 0.476. The Kier molecular flexibility index (Phi) is 6.43. The Balaban J connectivity index is 1.76. The number of phenolic OH excluding ortho intramolecular Hbond substituents is 1. The number of carbonyl (C=O) groups excluding carboxylic acids is 1. The minimum Gasteiger partial charge on any atom is -0.507 e. The van der Waals surface area contributed by atoms with Crippen molar-refractivity contribution in [3.05, 3.63) is 78.3 Å². The number of hydrogen-bond donors (Lipinski definition) is 2. The van der Waals surface area contributed by atoms with Crippen molar-refractivity contribution in [1.29, 1.82) is 5.26 Å². The molecule has 1 amide bonds. The summed E-state index contributed by atoms with van der Waals surface area (Å²) in [4.78, 5) is 18.6. The Morgan fingerprint density at radius 3 is 2.62 bits per heavy atom. The van der Waals surface area contributed by atoms with Crippen LogP contribution in [0.5, 0.6) is 5.75 Å². The highest BCUT2D eigenvalue weighted by Gasteiger charge is 2.13. The number of fused-ring (bicyclic) bond motifs is 1. The van der Waals surface area contributed by atoms with Crippen LogP contribution in [0.1, 0.15) is 12.5 Å². The second kappa shape index (κ2) is 9.38. The fourth-order valence-electron chi connectivity index (χ4n) is 3.05. The molecule has 0 spiro atoms. The van der Waals surface area contributed by atoms with Crippen LogP contribution in [0.4, 0.5) is 5.69 Å². The molecule has 2 aromatic carbocycles. The van der Waals surface area contributed by atoms with Crippen molar-refractivity contribution < 1.29 is 9.90 Å². The van der Waals surface area contributed by atoms with Crippen molar-refractivity contribution in [3.8, 4) is 11.8 Å². The standard InChI is InChI=1S/C23H22N4O2/c1-2-27(14-11-17-9-12-25-13-10-17)16-18(15-24)23(29)26-21-7-3-6-20-19(21)5-4-8-22(20)28/h3-10,12-13,16,28H,2,11,14H2,1H3,(H,26,29)/b18-16-. The lowest BCUT2D eigenvalue weighted by Crippen LogP contribution is -2.23. The van der Waals surface area contributed by atoms with E-state index in [0.717, 1.165) is 12.0 Å². The number of benzene rings is 2. The summed E-state index contributed by atoms with van der Waals surface area (Å²) in [5, 5.41) is 23.7. The van der Waals surface area contributed by atoms with E-state index in [1.54, 1.807) is 48.9 Å². The largest absolute Gasteiger partial charge is 0.507 e. The number of likely N-dealkylation sites (N-methyl/N-ethyl adjacent to an activating group) is 1. The topological polar surface area (TPSA) is 89.2 Å². The zero-order valence-electron chi connectivity index (χ0n) is 16.2. The number of rotatable bonds is 7. The molecule has 146 valence electrons. The first kappa shape index (κ1) is 19.9. The number of anilines is 1. The zero-order valence-corrected chi connectivity index (χ0v) is 16.2. The monoisotopic (exact) mass is 386 g/mol. The normalized spacial score (nSPS) is 11.1. The molecule has 0 radical (unpaired) electrons. The molecule has 29 heavy (non-hydrogen) atoms. The van der Waals surface area contributed by atoms with Gasteiger partial charge < -0.3 is 15.3 Å². The predicted octanol–water partition coefficient (Wildman–Crippen LogP) is 3.85. The molecule has 0 unspecified atom stereocenters. The van der Waals surface area contributed by atoms with Crippen LogP contribution in [0.15, 0.2) is 72.7 Å². The molecule has 3 aromatic rings. The molecule has 3 rings (SSSR count). The summed E-state index contributed by atoms with van der Waals surface area (Å²) in [6, 6.07) is 16.3. The molecule has 6 nitrogen and oxygen atoms in total. The Morgan fingerprint density at radius 1 is 1.17 bits per heavy atom. The number of carbonyl (C=O) groups is 1. The van der Waals surface area contributed by atoms with E-state index >= 15 is 0 Å². The Labute approximate surface area is 169 Å². The van der Waals surface area contributed by atoms with Crippen LogP contribution < -0.4 is 5.32 Å². The molecule has 1 heterocycles. The third-order valence-corrected chi connectivity index (χ3v) is 4.67. The minimum absolute atomic E-state index is 0.0266. The van der Waals surface area contributed by atoms with Gasteiger partial charge in [0.1, 0.15) is 17.4 Å². The summed E-state index contributed by atoms with van der Waals surface area (Å²) in [6.07, 6.45) is 5.88. The van der Waals surface area contributed by atoms with Gasteiger partial charge in [0.05, 0.1) is 0 Å². The van der Waals surface area contributed by atoms with Crippen LogP contribution >= 0.6 is 0 Å². The molecule has 0 aliphatic rings. The Hall–Kier alpha value is -3.85. The number of phenols is 1. The lowest BCUT2D eigenvalue weighted by molar-refractivity contribution is -0.112. The van der Waals surface area contributed by atoms with E-state index in [4.69, 9.17) is 0 Å². The van der Waals surface area contributed by atoms with E-state index in [9.17, 15) is 15.2 Å². The van der Waals surface area contributed by atoms with Crippen molar-refractivity contribution in [2.75, 3.05) is 18.4 Å². The molecule has 0 atom stereocenters. The molecule has 0 aliphatic heterocycles. The second-order valence-electron chi connectivity index (χ2n) is 6.52. The zero-order chi connectivity index (χ0) is 20.6. The average molecular weight is 386 g/mol. The number of aromatic hydroxyl groups is 1. The summed E-state index contributed by atoms with van der Waals surface area (Å²) in [7, 11) is 0. The molecular formula is C23H22N4O2. The van der Waals surface area contributed by atoms with Crippen molar-refractivity contribution in [1.82, 2.24) is 9.88 Å². The van der Waals surface area contributed by atoms with Gasteiger partial charge in [-0.25, -0.2) is 0 Å². The number of hydrogen-bond acceptors (Lipinski definition) is 5. The van der Waals surface area contributed by atoms with E-state index in [1.807, 2.05) is 36.1 Å². The number of amides is 1. The van der Waals surface area contributed by atoms with Crippen LogP contribution in [-0.2, 0) is 11.2 Å². The maximum atomic E-state index is 12.7. The molecular weight excluding hydrogens is 364 g/mol. The highest BCUT2D eigenvalue weighted by molar-refractivity contribution is 6.11. The summed E-state index contributed by atoms with van der Waals surface area (Å²) in [5.74, 6) is -0.339. The highest BCUT2D eigenvalue weighted by Crippen LogP contribution is 2.29. The van der Waals surface area contributed by atoms with Gasteiger partial charge in [-0.1, -0.05) is 24.3 Å². The molecule has 1 aromatic heterocycles. The number of pyridine rings is 1. The molecule has 0 bridgehead atoms. The van der Waals surface area contributed by atoms with E-state index in [2.05, 4.69) is 10.3 Å². The van der Waals surface area contributed by atoms with Crippen molar-refractivity contribution >= 4 is 22.4 Å². The van der Waals surface area contributed by atoms with Gasteiger partial charge in [-0.05, 0) is 43.2 Å². The van der Waals surface area contributed by atoms with E-state index in [1.165, 1.54) is 0 Å². The first-order chi connectivity index (χ1) is 14.1. The fraction of sp³-hybridized carbons (Fsp3) is 0.174. The van der Waals surface area contributed by atoms with Gasteiger partial charge >= 0.3 is 0 Å².